The van der Waals surface area contributed by atoms with Crippen molar-refractivity contribution < 1.29 is 14.1 Å². The average molecular weight is 481 g/mol. The molecule has 4 fully saturated rings. The van der Waals surface area contributed by atoms with Gasteiger partial charge in [-0.2, -0.15) is 0 Å². The molecule has 0 aliphatic heterocycles. The van der Waals surface area contributed by atoms with Gasteiger partial charge in [-0.1, -0.05) is 43.9 Å². The molecule has 4 saturated carbocycles. The summed E-state index contributed by atoms with van der Waals surface area (Å²) in [5.74, 6) is 9.09. The van der Waals surface area contributed by atoms with E-state index in [4.69, 9.17) is 0 Å². The molecule has 5 rings (SSSR count). The molecule has 0 amide bonds. The Kier molecular flexibility index (Phi) is 6.13. The number of benzene rings is 1. The SMILES string of the molecule is CC(=O)[C@H]1CC[C@H]2[C@@H]3CC[C@@H]4C(S(C)=O)[C@@](O)(C#Cc5ccccc5)CC[C@]4(C)[C@H]3CC[C@]12C. The zero-order valence-corrected chi connectivity index (χ0v) is 22.0. The number of carbonyl (C=O) groups is 1. The molecule has 0 heterocycles. The first-order chi connectivity index (χ1) is 16.1. The second-order valence-electron chi connectivity index (χ2n) is 12.3. The molecule has 4 heteroatoms. The van der Waals surface area contributed by atoms with Gasteiger partial charge in [-0.3, -0.25) is 9.00 Å². The molecule has 0 aromatic heterocycles. The molecule has 1 N–H and O–H groups in total. The zero-order valence-electron chi connectivity index (χ0n) is 21.2. The summed E-state index contributed by atoms with van der Waals surface area (Å²) >= 11 is 0. The minimum Gasteiger partial charge on any atom is -0.376 e. The van der Waals surface area contributed by atoms with Crippen LogP contribution in [-0.2, 0) is 15.6 Å². The van der Waals surface area contributed by atoms with Gasteiger partial charge in [-0.15, -0.1) is 0 Å². The van der Waals surface area contributed by atoms with Gasteiger partial charge in [-0.25, -0.2) is 0 Å². The highest BCUT2D eigenvalue weighted by molar-refractivity contribution is 7.85. The van der Waals surface area contributed by atoms with E-state index < -0.39 is 16.4 Å². The summed E-state index contributed by atoms with van der Waals surface area (Å²) in [5.41, 5.74) is -0.0840. The van der Waals surface area contributed by atoms with E-state index in [0.717, 1.165) is 44.1 Å². The fraction of sp³-hybridized carbons (Fsp3) is 0.700. The molecular formula is C30H40O3S. The Bertz CT molecular complexity index is 1040. The van der Waals surface area contributed by atoms with E-state index in [1.807, 2.05) is 30.3 Å². The predicted molar refractivity (Wildman–Crippen MR) is 137 cm³/mol. The average Bonchev–Trinajstić information content (AvgIpc) is 3.16. The molecular weight excluding hydrogens is 440 g/mol. The Labute approximate surface area is 207 Å². The largest absolute Gasteiger partial charge is 0.376 e. The van der Waals surface area contributed by atoms with E-state index in [2.05, 4.69) is 25.7 Å². The lowest BCUT2D eigenvalue weighted by atomic mass is 9.43. The first kappa shape index (κ1) is 24.3. The van der Waals surface area contributed by atoms with Crippen LogP contribution in [0.25, 0.3) is 0 Å². The minimum atomic E-state index is -1.21. The quantitative estimate of drug-likeness (QED) is 0.579. The molecule has 34 heavy (non-hydrogen) atoms. The van der Waals surface area contributed by atoms with Gasteiger partial charge < -0.3 is 5.11 Å². The number of aliphatic hydroxyl groups is 1. The van der Waals surface area contributed by atoms with Gasteiger partial charge in [0.05, 0.1) is 5.25 Å². The molecule has 1 aromatic carbocycles. The number of carbonyl (C=O) groups excluding carboxylic acids is 1. The van der Waals surface area contributed by atoms with Crippen molar-refractivity contribution in [1.82, 2.24) is 0 Å². The first-order valence-corrected chi connectivity index (χ1v) is 14.9. The van der Waals surface area contributed by atoms with Crippen LogP contribution >= 0.6 is 0 Å². The van der Waals surface area contributed by atoms with Crippen LogP contribution in [0.5, 0.6) is 0 Å². The van der Waals surface area contributed by atoms with Crippen molar-refractivity contribution in [1.29, 1.82) is 0 Å². The number of fused-ring (bicyclic) bond motifs is 5. The van der Waals surface area contributed by atoms with Crippen molar-refractivity contribution in [2.45, 2.75) is 83.0 Å². The lowest BCUT2D eigenvalue weighted by Crippen LogP contribution is -2.63. The van der Waals surface area contributed by atoms with E-state index in [9.17, 15) is 14.1 Å². The fourth-order valence-electron chi connectivity index (χ4n) is 9.30. The monoisotopic (exact) mass is 480 g/mol. The molecule has 3 nitrogen and oxygen atoms in total. The van der Waals surface area contributed by atoms with Crippen LogP contribution in [-0.4, -0.2) is 32.2 Å². The number of hydrogen-bond acceptors (Lipinski definition) is 3. The van der Waals surface area contributed by atoms with Gasteiger partial charge in [-0.05, 0) is 105 Å². The highest BCUT2D eigenvalue weighted by Crippen LogP contribution is 2.68. The second-order valence-corrected chi connectivity index (χ2v) is 13.8. The van der Waals surface area contributed by atoms with Crippen molar-refractivity contribution in [3.63, 3.8) is 0 Å². The Hall–Kier alpha value is -1.44. The standard InChI is InChI=1S/C30H40O3S/c1-20(31)23-12-13-24-22-10-11-26-27(34(4)33)30(32,17-14-21-8-6-5-7-9-21)19-18-29(26,3)25(22)15-16-28(23,24)2/h5-9,22-27,32H,10-13,15-16,18-19H2,1-4H3/t22-,23+,24-,25-,26+,27?,28+,29+,30+,34?/m0/s1. The van der Waals surface area contributed by atoms with Gasteiger partial charge in [0.2, 0.25) is 0 Å². The Morgan fingerprint density at radius 1 is 0.941 bits per heavy atom. The maximum Gasteiger partial charge on any atom is 0.140 e. The normalized spacial score (nSPS) is 46.3. The van der Waals surface area contributed by atoms with Gasteiger partial charge in [0.1, 0.15) is 11.4 Å². The van der Waals surface area contributed by atoms with Gasteiger partial charge in [0.25, 0.3) is 0 Å². The van der Waals surface area contributed by atoms with Crippen LogP contribution < -0.4 is 0 Å². The molecule has 0 bridgehead atoms. The molecule has 1 aromatic rings. The first-order valence-electron chi connectivity index (χ1n) is 13.2. The van der Waals surface area contributed by atoms with E-state index in [0.29, 0.717) is 30.0 Å². The highest BCUT2D eigenvalue weighted by Gasteiger charge is 2.64. The van der Waals surface area contributed by atoms with E-state index in [1.54, 1.807) is 13.2 Å². The summed E-state index contributed by atoms with van der Waals surface area (Å²) in [6.07, 6.45) is 9.95. The lowest BCUT2D eigenvalue weighted by Gasteiger charge is -2.63. The lowest BCUT2D eigenvalue weighted by molar-refractivity contribution is -0.142. The Balaban J connectivity index is 1.45. The summed E-state index contributed by atoms with van der Waals surface area (Å²) in [6, 6.07) is 9.80. The van der Waals surface area contributed by atoms with Crippen molar-refractivity contribution >= 4 is 16.6 Å². The Morgan fingerprint density at radius 2 is 1.62 bits per heavy atom. The molecule has 0 spiro atoms. The molecule has 0 saturated heterocycles. The smallest absolute Gasteiger partial charge is 0.140 e. The summed E-state index contributed by atoms with van der Waals surface area (Å²) in [5, 5.41) is 11.5. The zero-order chi connectivity index (χ0) is 24.3. The van der Waals surface area contributed by atoms with Crippen molar-refractivity contribution in [3.05, 3.63) is 35.9 Å². The number of rotatable bonds is 2. The van der Waals surface area contributed by atoms with Crippen LogP contribution in [0.1, 0.15) is 77.7 Å². The third kappa shape index (κ3) is 3.65. The van der Waals surface area contributed by atoms with Gasteiger partial charge >= 0.3 is 0 Å². The van der Waals surface area contributed by atoms with E-state index in [-0.39, 0.29) is 27.9 Å². The Morgan fingerprint density at radius 3 is 2.29 bits per heavy atom. The van der Waals surface area contributed by atoms with Crippen molar-refractivity contribution in [3.8, 4) is 11.8 Å². The topological polar surface area (TPSA) is 54.4 Å². The molecule has 184 valence electrons. The third-order valence-electron chi connectivity index (χ3n) is 10.9. The van der Waals surface area contributed by atoms with Crippen LogP contribution in [0.4, 0.5) is 0 Å². The van der Waals surface area contributed by atoms with Crippen LogP contribution in [0.15, 0.2) is 30.3 Å². The third-order valence-corrected chi connectivity index (χ3v) is 12.3. The van der Waals surface area contributed by atoms with Crippen LogP contribution in [0.3, 0.4) is 0 Å². The van der Waals surface area contributed by atoms with Crippen molar-refractivity contribution in [2.24, 2.45) is 40.4 Å². The van der Waals surface area contributed by atoms with E-state index >= 15 is 0 Å². The second kappa shape index (κ2) is 8.59. The van der Waals surface area contributed by atoms with Crippen molar-refractivity contribution in [2.75, 3.05) is 6.26 Å². The maximum absolute atomic E-state index is 13.2. The minimum absolute atomic E-state index is 0.0789. The number of hydrogen-bond donors (Lipinski definition) is 1. The van der Waals surface area contributed by atoms with Gasteiger partial charge in [0, 0.05) is 28.5 Å². The van der Waals surface area contributed by atoms with Gasteiger partial charge in [0.15, 0.2) is 0 Å². The van der Waals surface area contributed by atoms with Crippen LogP contribution in [0.2, 0.25) is 0 Å². The molecule has 2 unspecified atom stereocenters. The predicted octanol–water partition coefficient (Wildman–Crippen LogP) is 5.37. The number of ketones is 1. The maximum atomic E-state index is 13.2. The van der Waals surface area contributed by atoms with Crippen LogP contribution in [0, 0.1) is 52.3 Å². The summed E-state index contributed by atoms with van der Waals surface area (Å²) in [7, 11) is -1.16. The molecule has 10 atom stereocenters. The highest BCUT2D eigenvalue weighted by atomic mass is 32.2. The molecule has 4 aliphatic carbocycles. The number of Topliss-reactive ketones (excluding diaryl/α,β-unsaturated/α-hetero) is 1. The molecule has 4 aliphatic rings. The summed E-state index contributed by atoms with van der Waals surface area (Å²) < 4.78 is 13.2. The summed E-state index contributed by atoms with van der Waals surface area (Å²) in [6.45, 7) is 6.62. The summed E-state index contributed by atoms with van der Waals surface area (Å²) in [4.78, 5) is 12.4. The fourth-order valence-corrected chi connectivity index (χ4v) is 10.9. The van der Waals surface area contributed by atoms with E-state index in [1.165, 1.54) is 6.42 Å². The molecule has 0 radical (unpaired) electrons.